The van der Waals surface area contributed by atoms with Gasteiger partial charge in [0.25, 0.3) is 0 Å². The Kier molecular flexibility index (Phi) is 2.63. The summed E-state index contributed by atoms with van der Waals surface area (Å²) in [5.41, 5.74) is 1.05. The predicted octanol–water partition coefficient (Wildman–Crippen LogP) is 2.12. The Morgan fingerprint density at radius 3 is 2.79 bits per heavy atom. The average Bonchev–Trinajstić information content (AvgIpc) is 2.93. The quantitative estimate of drug-likeness (QED) is 0.756. The molecule has 0 atom stereocenters. The number of rotatable bonds is 2. The fourth-order valence-electron chi connectivity index (χ4n) is 1.76. The van der Waals surface area contributed by atoms with Gasteiger partial charge in [0.2, 0.25) is 10.0 Å². The highest BCUT2D eigenvalue weighted by atomic mass is 35.5. The van der Waals surface area contributed by atoms with E-state index >= 15 is 0 Å². The largest absolute Gasteiger partial charge is 0.461 e. The van der Waals surface area contributed by atoms with Gasteiger partial charge in [-0.05, 0) is 24.3 Å². The van der Waals surface area contributed by atoms with Crippen molar-refractivity contribution in [3.05, 3.63) is 35.6 Å². The summed E-state index contributed by atoms with van der Waals surface area (Å²) < 4.78 is 28.0. The summed E-state index contributed by atoms with van der Waals surface area (Å²) in [7, 11) is -3.87. The van der Waals surface area contributed by atoms with Crippen molar-refractivity contribution in [2.45, 2.75) is 4.90 Å². The number of nitrogens with zero attached hydrogens (tertiary/aromatic N) is 1. The topological polar surface area (TPSA) is 102 Å². The number of furan rings is 1. The Hall–Kier alpha value is -1.83. The Morgan fingerprint density at radius 1 is 1.37 bits per heavy atom. The van der Waals surface area contributed by atoms with Crippen molar-refractivity contribution in [1.82, 2.24) is 9.97 Å². The predicted molar refractivity (Wildman–Crippen MR) is 70.2 cm³/mol. The fourth-order valence-corrected chi connectivity index (χ4v) is 2.85. The molecule has 0 radical (unpaired) electrons. The molecular weight excluding hydrogens is 290 g/mol. The number of hydrogen-bond acceptors (Lipinski definition) is 4. The van der Waals surface area contributed by atoms with Crippen molar-refractivity contribution in [3.63, 3.8) is 0 Å². The number of nitrogens with one attached hydrogen (secondary N) is 1. The molecule has 0 fully saturated rings. The number of sulfonamides is 1. The van der Waals surface area contributed by atoms with E-state index in [1.165, 1.54) is 18.4 Å². The van der Waals surface area contributed by atoms with Gasteiger partial charge < -0.3 is 9.40 Å². The van der Waals surface area contributed by atoms with Crippen LogP contribution >= 0.6 is 11.6 Å². The maximum Gasteiger partial charge on any atom is 0.239 e. The molecule has 19 heavy (non-hydrogen) atoms. The van der Waals surface area contributed by atoms with E-state index in [4.69, 9.17) is 21.2 Å². The van der Waals surface area contributed by atoms with E-state index in [-0.39, 0.29) is 9.92 Å². The number of fused-ring (bicyclic) bond motifs is 1. The third-order valence-electron chi connectivity index (χ3n) is 2.60. The monoisotopic (exact) mass is 297 g/mol. The Labute approximate surface area is 113 Å². The van der Waals surface area contributed by atoms with Crippen LogP contribution < -0.4 is 5.14 Å². The zero-order valence-electron chi connectivity index (χ0n) is 9.42. The number of H-pyrrole nitrogens is 1. The summed E-state index contributed by atoms with van der Waals surface area (Å²) in [5.74, 6) is 1.03. The summed E-state index contributed by atoms with van der Waals surface area (Å²) in [5, 5.41) is 5.12. The first-order chi connectivity index (χ1) is 8.95. The maximum atomic E-state index is 11.4. The molecule has 0 saturated carbocycles. The molecule has 0 aliphatic heterocycles. The molecule has 0 saturated heterocycles. The number of imidazole rings is 1. The summed E-state index contributed by atoms with van der Waals surface area (Å²) >= 11 is 5.89. The smallest absolute Gasteiger partial charge is 0.239 e. The number of aromatic nitrogens is 2. The number of aromatic amines is 1. The van der Waals surface area contributed by atoms with Crippen molar-refractivity contribution < 1.29 is 12.8 Å². The average molecular weight is 298 g/mol. The lowest BCUT2D eigenvalue weighted by molar-refractivity contribution is 0.578. The van der Waals surface area contributed by atoms with Gasteiger partial charge in [0.05, 0.1) is 22.3 Å². The molecule has 3 N–H and O–H groups in total. The highest BCUT2D eigenvalue weighted by molar-refractivity contribution is 7.89. The van der Waals surface area contributed by atoms with Gasteiger partial charge in [0, 0.05) is 0 Å². The summed E-state index contributed by atoms with van der Waals surface area (Å²) in [6.07, 6.45) is 1.52. The number of primary sulfonamides is 1. The third kappa shape index (κ3) is 2.12. The molecule has 98 valence electrons. The lowest BCUT2D eigenvalue weighted by atomic mass is 10.3. The van der Waals surface area contributed by atoms with Crippen LogP contribution in [0.5, 0.6) is 0 Å². The Morgan fingerprint density at radius 2 is 2.16 bits per heavy atom. The molecular formula is C11H8ClN3O3S. The molecule has 1 aromatic carbocycles. The molecule has 3 rings (SSSR count). The molecule has 0 spiro atoms. The number of benzene rings is 1. The van der Waals surface area contributed by atoms with E-state index in [9.17, 15) is 8.42 Å². The lowest BCUT2D eigenvalue weighted by Crippen LogP contribution is -2.12. The third-order valence-corrected chi connectivity index (χ3v) is 3.97. The number of hydrogen-bond donors (Lipinski definition) is 2. The SMILES string of the molecule is NS(=O)(=O)c1cc2[nH]c(-c3ccco3)nc2cc1Cl. The summed E-state index contributed by atoms with van der Waals surface area (Å²) in [4.78, 5) is 7.08. The second kappa shape index (κ2) is 4.09. The van der Waals surface area contributed by atoms with E-state index in [0.29, 0.717) is 22.6 Å². The van der Waals surface area contributed by atoms with Crippen molar-refractivity contribution in [1.29, 1.82) is 0 Å². The van der Waals surface area contributed by atoms with Crippen LogP contribution in [-0.4, -0.2) is 18.4 Å². The molecule has 2 aromatic heterocycles. The minimum atomic E-state index is -3.87. The van der Waals surface area contributed by atoms with Crippen LogP contribution in [0.1, 0.15) is 0 Å². The minimum absolute atomic E-state index is 0.0347. The first kappa shape index (κ1) is 12.2. The molecule has 2 heterocycles. The highest BCUT2D eigenvalue weighted by Crippen LogP contribution is 2.28. The maximum absolute atomic E-state index is 11.4. The van der Waals surface area contributed by atoms with Gasteiger partial charge in [-0.25, -0.2) is 18.5 Å². The molecule has 0 amide bonds. The summed E-state index contributed by atoms with van der Waals surface area (Å²) in [6, 6.07) is 6.26. The van der Waals surface area contributed by atoms with Gasteiger partial charge in [0.15, 0.2) is 11.6 Å². The van der Waals surface area contributed by atoms with E-state index in [0.717, 1.165) is 0 Å². The lowest BCUT2D eigenvalue weighted by Gasteiger charge is -2.00. The van der Waals surface area contributed by atoms with Crippen LogP contribution in [-0.2, 0) is 10.0 Å². The molecule has 0 bridgehead atoms. The first-order valence-electron chi connectivity index (χ1n) is 5.21. The van der Waals surface area contributed by atoms with Gasteiger partial charge in [-0.3, -0.25) is 0 Å². The normalized spacial score (nSPS) is 12.1. The van der Waals surface area contributed by atoms with Crippen LogP contribution in [0.3, 0.4) is 0 Å². The zero-order chi connectivity index (χ0) is 13.6. The van der Waals surface area contributed by atoms with Crippen LogP contribution in [0.25, 0.3) is 22.6 Å². The Balaban J connectivity index is 2.25. The van der Waals surface area contributed by atoms with Crippen LogP contribution in [0.15, 0.2) is 39.8 Å². The van der Waals surface area contributed by atoms with Gasteiger partial charge in [-0.2, -0.15) is 0 Å². The number of nitrogens with two attached hydrogens (primary N) is 1. The van der Waals surface area contributed by atoms with Crippen LogP contribution in [0, 0.1) is 0 Å². The van der Waals surface area contributed by atoms with E-state index in [2.05, 4.69) is 9.97 Å². The summed E-state index contributed by atoms with van der Waals surface area (Å²) in [6.45, 7) is 0. The molecule has 0 aliphatic rings. The van der Waals surface area contributed by atoms with Crippen molar-refractivity contribution in [2.24, 2.45) is 5.14 Å². The van der Waals surface area contributed by atoms with Crippen molar-refractivity contribution in [2.75, 3.05) is 0 Å². The second-order valence-electron chi connectivity index (χ2n) is 3.91. The van der Waals surface area contributed by atoms with E-state index < -0.39 is 10.0 Å². The minimum Gasteiger partial charge on any atom is -0.461 e. The van der Waals surface area contributed by atoms with Crippen molar-refractivity contribution in [3.8, 4) is 11.6 Å². The van der Waals surface area contributed by atoms with Crippen LogP contribution in [0.4, 0.5) is 0 Å². The Bertz CT molecular complexity index is 853. The molecule has 8 heteroatoms. The van der Waals surface area contributed by atoms with Gasteiger partial charge in [-0.15, -0.1) is 0 Å². The second-order valence-corrected chi connectivity index (χ2v) is 5.84. The fraction of sp³-hybridized carbons (Fsp3) is 0. The molecule has 6 nitrogen and oxygen atoms in total. The highest BCUT2D eigenvalue weighted by Gasteiger charge is 2.16. The molecule has 3 aromatic rings. The van der Waals surface area contributed by atoms with Gasteiger partial charge >= 0.3 is 0 Å². The van der Waals surface area contributed by atoms with Crippen molar-refractivity contribution >= 4 is 32.7 Å². The number of halogens is 1. The van der Waals surface area contributed by atoms with Gasteiger partial charge in [-0.1, -0.05) is 11.6 Å². The van der Waals surface area contributed by atoms with Gasteiger partial charge in [0.1, 0.15) is 4.90 Å². The van der Waals surface area contributed by atoms with E-state index in [1.54, 1.807) is 12.1 Å². The zero-order valence-corrected chi connectivity index (χ0v) is 11.0. The molecule has 0 unspecified atom stereocenters. The van der Waals surface area contributed by atoms with Crippen LogP contribution in [0.2, 0.25) is 5.02 Å². The van der Waals surface area contributed by atoms with E-state index in [1.807, 2.05) is 0 Å². The first-order valence-corrected chi connectivity index (χ1v) is 7.13. The molecule has 0 aliphatic carbocycles. The standard InChI is InChI=1S/C11H8ClN3O3S/c12-6-4-7-8(5-10(6)19(13,16)17)15-11(14-7)9-2-1-3-18-9/h1-5H,(H,14,15)(H2,13,16,17).